The molecule has 4 rings (SSSR count). The van der Waals surface area contributed by atoms with E-state index in [1.807, 2.05) is 36.4 Å². The van der Waals surface area contributed by atoms with Gasteiger partial charge in [-0.1, -0.05) is 30.3 Å². The van der Waals surface area contributed by atoms with E-state index in [0.717, 1.165) is 28.3 Å². The number of nitrogen functional groups attached to an aromatic ring is 1. The molecule has 2 aromatic carbocycles. The zero-order valence-electron chi connectivity index (χ0n) is 21.9. The Hall–Kier alpha value is -4.84. The summed E-state index contributed by atoms with van der Waals surface area (Å²) in [6, 6.07) is 15.1. The fraction of sp³-hybridized carbons (Fsp3) is 0.259. The highest BCUT2D eigenvalue weighted by Gasteiger charge is 2.23. The summed E-state index contributed by atoms with van der Waals surface area (Å²) in [6.07, 6.45) is 4.36. The van der Waals surface area contributed by atoms with Crippen molar-refractivity contribution in [3.8, 4) is 11.7 Å². The van der Waals surface area contributed by atoms with Crippen molar-refractivity contribution in [2.24, 2.45) is 5.73 Å². The number of aromatic nitrogens is 5. The Balaban J connectivity index is 0.000000983. The van der Waals surface area contributed by atoms with Gasteiger partial charge in [-0.25, -0.2) is 14.8 Å². The van der Waals surface area contributed by atoms with Crippen LogP contribution in [0.1, 0.15) is 40.9 Å². The van der Waals surface area contributed by atoms with E-state index in [2.05, 4.69) is 26.1 Å². The monoisotopic (exact) mass is 533 g/mol. The second-order valence-electron chi connectivity index (χ2n) is 8.52. The lowest BCUT2D eigenvalue weighted by molar-refractivity contribution is -0.134. The number of carbonyl (C=O) groups is 1. The molecule has 0 spiro atoms. The number of nitrogens with one attached hydrogen (secondary N) is 2. The van der Waals surface area contributed by atoms with Gasteiger partial charge in [0, 0.05) is 37.9 Å². The highest BCUT2D eigenvalue weighted by atomic mass is 16.5. The average Bonchev–Trinajstić information content (AvgIpc) is 3.31. The number of H-pyrrole nitrogens is 1. The molecule has 204 valence electrons. The van der Waals surface area contributed by atoms with Crippen LogP contribution in [0.2, 0.25) is 0 Å². The Labute approximate surface area is 225 Å². The van der Waals surface area contributed by atoms with Crippen molar-refractivity contribution < 1.29 is 19.4 Å². The fourth-order valence-electron chi connectivity index (χ4n) is 3.83. The normalized spacial score (nSPS) is 11.3. The first-order valence-corrected chi connectivity index (χ1v) is 12.0. The Morgan fingerprint density at radius 3 is 2.38 bits per heavy atom. The van der Waals surface area contributed by atoms with Gasteiger partial charge in [0.15, 0.2) is 0 Å². The standard InChI is InChI=1S/C25H27N7O3.C2H4O2/c1-34-11-8-17-12-19(15-20(13-17)35-2)21(14-16-4-6-18(7-5-16)22(26)27)23-30-25(33)32(31-23)24-28-9-3-10-29-24;1-2(3)4/h3-7,9-10,12-13,15,21H,8,11,14H2,1-2H3,(H3,26,27)(H,30,31,33);1H3,(H,3,4). The molecule has 0 radical (unpaired) electrons. The summed E-state index contributed by atoms with van der Waals surface area (Å²) in [6.45, 7) is 1.65. The summed E-state index contributed by atoms with van der Waals surface area (Å²) >= 11 is 0. The van der Waals surface area contributed by atoms with Crippen LogP contribution in [0.25, 0.3) is 5.95 Å². The third-order valence-electron chi connectivity index (χ3n) is 5.63. The highest BCUT2D eigenvalue weighted by Crippen LogP contribution is 2.30. The number of hydrogen-bond acceptors (Lipinski definition) is 8. The molecular weight excluding hydrogens is 502 g/mol. The predicted octanol–water partition coefficient (Wildman–Crippen LogP) is 2.30. The topological polar surface area (TPSA) is 182 Å². The van der Waals surface area contributed by atoms with Crippen LogP contribution in [0.4, 0.5) is 0 Å². The lowest BCUT2D eigenvalue weighted by atomic mass is 9.89. The number of aromatic amines is 1. The molecule has 0 saturated heterocycles. The molecule has 39 heavy (non-hydrogen) atoms. The van der Waals surface area contributed by atoms with E-state index in [0.29, 0.717) is 36.6 Å². The quantitative estimate of drug-likeness (QED) is 0.175. The van der Waals surface area contributed by atoms with Crippen molar-refractivity contribution in [2.75, 3.05) is 20.8 Å². The first kappa shape index (κ1) is 28.7. The van der Waals surface area contributed by atoms with Crippen molar-refractivity contribution in [1.29, 1.82) is 5.41 Å². The molecule has 2 heterocycles. The number of carboxylic acids is 1. The average molecular weight is 534 g/mol. The number of nitrogens with zero attached hydrogens (tertiary/aromatic N) is 4. The number of hydrogen-bond donors (Lipinski definition) is 4. The van der Waals surface area contributed by atoms with Gasteiger partial charge in [-0.2, -0.15) is 0 Å². The maximum Gasteiger partial charge on any atom is 0.350 e. The zero-order chi connectivity index (χ0) is 28.4. The van der Waals surface area contributed by atoms with Crippen LogP contribution in [0.15, 0.2) is 65.7 Å². The Morgan fingerprint density at radius 2 is 1.79 bits per heavy atom. The van der Waals surface area contributed by atoms with Crippen molar-refractivity contribution in [3.05, 3.63) is 99.5 Å². The molecule has 4 aromatic rings. The van der Waals surface area contributed by atoms with Gasteiger partial charge in [0.2, 0.25) is 0 Å². The van der Waals surface area contributed by atoms with Gasteiger partial charge in [-0.15, -0.1) is 9.78 Å². The molecule has 12 heteroatoms. The lowest BCUT2D eigenvalue weighted by Crippen LogP contribution is -2.18. The molecule has 0 aliphatic rings. The Morgan fingerprint density at radius 1 is 1.13 bits per heavy atom. The number of nitrogens with two attached hydrogens (primary N) is 1. The minimum absolute atomic E-state index is 0.00890. The molecule has 0 amide bonds. The molecule has 0 fully saturated rings. The van der Waals surface area contributed by atoms with Crippen LogP contribution in [-0.4, -0.2) is 62.5 Å². The Bertz CT molecular complexity index is 1450. The first-order chi connectivity index (χ1) is 18.7. The maximum atomic E-state index is 12.8. The third-order valence-corrected chi connectivity index (χ3v) is 5.63. The van der Waals surface area contributed by atoms with Crippen LogP contribution in [0.5, 0.6) is 5.75 Å². The van der Waals surface area contributed by atoms with Gasteiger partial charge in [-0.05, 0) is 47.7 Å². The maximum absolute atomic E-state index is 12.8. The van der Waals surface area contributed by atoms with Crippen LogP contribution >= 0.6 is 0 Å². The molecule has 0 bridgehead atoms. The van der Waals surface area contributed by atoms with Gasteiger partial charge in [0.05, 0.1) is 13.7 Å². The highest BCUT2D eigenvalue weighted by molar-refractivity contribution is 5.94. The number of ether oxygens (including phenoxy) is 2. The van der Waals surface area contributed by atoms with E-state index in [9.17, 15) is 4.79 Å². The van der Waals surface area contributed by atoms with Crippen molar-refractivity contribution in [3.63, 3.8) is 0 Å². The molecule has 0 aliphatic heterocycles. The third kappa shape index (κ3) is 8.07. The second-order valence-corrected chi connectivity index (χ2v) is 8.52. The minimum Gasteiger partial charge on any atom is -0.497 e. The summed E-state index contributed by atoms with van der Waals surface area (Å²) < 4.78 is 12.0. The van der Waals surface area contributed by atoms with Crippen molar-refractivity contribution in [1.82, 2.24) is 24.7 Å². The number of rotatable bonds is 10. The molecule has 12 nitrogen and oxygen atoms in total. The molecule has 0 aliphatic carbocycles. The number of carboxylic acid groups (broad SMARTS) is 1. The second kappa shape index (κ2) is 13.6. The van der Waals surface area contributed by atoms with E-state index < -0.39 is 11.7 Å². The van der Waals surface area contributed by atoms with Gasteiger partial charge in [0.1, 0.15) is 17.4 Å². The van der Waals surface area contributed by atoms with Gasteiger partial charge < -0.3 is 20.3 Å². The fourth-order valence-corrected chi connectivity index (χ4v) is 3.83. The smallest absolute Gasteiger partial charge is 0.350 e. The zero-order valence-corrected chi connectivity index (χ0v) is 21.9. The molecule has 5 N–H and O–H groups in total. The van der Waals surface area contributed by atoms with Crippen LogP contribution in [0, 0.1) is 5.41 Å². The summed E-state index contributed by atoms with van der Waals surface area (Å²) in [5, 5.41) is 19.6. The van der Waals surface area contributed by atoms with Gasteiger partial charge in [0.25, 0.3) is 11.9 Å². The van der Waals surface area contributed by atoms with Crippen molar-refractivity contribution >= 4 is 11.8 Å². The van der Waals surface area contributed by atoms with E-state index in [4.69, 9.17) is 30.5 Å². The van der Waals surface area contributed by atoms with E-state index in [1.54, 1.807) is 32.7 Å². The number of amidine groups is 1. The number of benzene rings is 2. The number of methoxy groups -OCH3 is 2. The number of aliphatic carboxylic acids is 1. The summed E-state index contributed by atoms with van der Waals surface area (Å²) in [5.74, 6) is 0.251. The minimum atomic E-state index is -0.833. The predicted molar refractivity (Wildman–Crippen MR) is 145 cm³/mol. The van der Waals surface area contributed by atoms with Crippen LogP contribution in [0.3, 0.4) is 0 Å². The summed E-state index contributed by atoms with van der Waals surface area (Å²) in [7, 11) is 3.29. The van der Waals surface area contributed by atoms with Crippen LogP contribution < -0.4 is 16.2 Å². The molecule has 1 unspecified atom stereocenters. The van der Waals surface area contributed by atoms with Crippen molar-refractivity contribution in [2.45, 2.75) is 25.7 Å². The van der Waals surface area contributed by atoms with Gasteiger partial charge in [-0.3, -0.25) is 15.2 Å². The SMILES string of the molecule is CC(=O)O.COCCc1cc(OC)cc(C(Cc2ccc(C(=N)N)cc2)c2nn(-c3ncccn3)c(=O)[nH]2)c1. The Kier molecular flexibility index (Phi) is 10.0. The molecule has 0 saturated carbocycles. The van der Waals surface area contributed by atoms with Gasteiger partial charge >= 0.3 is 5.69 Å². The van der Waals surface area contributed by atoms with E-state index in [1.165, 1.54) is 0 Å². The lowest BCUT2D eigenvalue weighted by Gasteiger charge is -2.18. The molecular formula is C27H31N7O5. The molecule has 2 aromatic heterocycles. The largest absolute Gasteiger partial charge is 0.497 e. The van der Waals surface area contributed by atoms with Crippen LogP contribution in [-0.2, 0) is 22.4 Å². The van der Waals surface area contributed by atoms with E-state index in [-0.39, 0.29) is 17.7 Å². The first-order valence-electron chi connectivity index (χ1n) is 12.0. The summed E-state index contributed by atoms with van der Waals surface area (Å²) in [5.41, 5.74) is 8.80. The molecule has 1 atom stereocenters. The van der Waals surface area contributed by atoms with E-state index >= 15 is 0 Å². The summed E-state index contributed by atoms with van der Waals surface area (Å²) in [4.78, 5) is 32.9.